The van der Waals surface area contributed by atoms with Gasteiger partial charge in [0.2, 0.25) is 0 Å². The van der Waals surface area contributed by atoms with Crippen LogP contribution in [0.25, 0.3) is 0 Å². The highest BCUT2D eigenvalue weighted by Crippen LogP contribution is 1.92. The van der Waals surface area contributed by atoms with E-state index in [1.165, 1.54) is 6.33 Å². The Morgan fingerprint density at radius 1 is 2.00 bits per heavy atom. The number of carbonyl (C=O) groups excluding carboxylic acids is 1. The number of hydrogen-bond donors (Lipinski definition) is 1. The van der Waals surface area contributed by atoms with E-state index in [1.54, 1.807) is 6.92 Å². The predicted octanol–water partition coefficient (Wildman–Crippen LogP) is 0.387. The third kappa shape index (κ3) is 1.34. The number of ether oxygens (including phenoxy) is 1. The Bertz CT molecular complexity index is 206. The van der Waals surface area contributed by atoms with Gasteiger partial charge in [0, 0.05) is 0 Å². The zero-order chi connectivity index (χ0) is 7.40. The number of esters is 1. The van der Waals surface area contributed by atoms with E-state index >= 15 is 0 Å². The number of rotatable bonds is 2. The fourth-order valence-electron chi connectivity index (χ4n) is 0.533. The van der Waals surface area contributed by atoms with Crippen molar-refractivity contribution < 1.29 is 9.53 Å². The number of imidazole rings is 1. The quantitative estimate of drug-likeness (QED) is 0.603. The third-order valence-electron chi connectivity index (χ3n) is 0.918. The van der Waals surface area contributed by atoms with Gasteiger partial charge < -0.3 is 9.72 Å². The summed E-state index contributed by atoms with van der Waals surface area (Å²) in [5.74, 6) is -0.441. The molecule has 1 rings (SSSR count). The van der Waals surface area contributed by atoms with E-state index in [9.17, 15) is 4.79 Å². The van der Waals surface area contributed by atoms with Crippen LogP contribution in [0.4, 0.5) is 0 Å². The average Bonchev–Trinajstić information content (AvgIpc) is 2.38. The number of carbonyl (C=O) groups is 1. The van der Waals surface area contributed by atoms with Crippen LogP contribution in [0.15, 0.2) is 6.33 Å². The van der Waals surface area contributed by atoms with Crippen molar-refractivity contribution >= 4 is 5.97 Å². The molecule has 1 N–H and O–H groups in total. The maximum Gasteiger partial charge on any atom is 0.359 e. The van der Waals surface area contributed by atoms with E-state index < -0.39 is 5.97 Å². The molecule has 1 radical (unpaired) electrons. The minimum absolute atomic E-state index is 0.196. The molecule has 53 valence electrons. The van der Waals surface area contributed by atoms with Crippen molar-refractivity contribution in [2.24, 2.45) is 0 Å². The molecular weight excluding hydrogens is 132 g/mol. The first-order chi connectivity index (χ1) is 4.84. The Hall–Kier alpha value is -1.32. The van der Waals surface area contributed by atoms with Crippen molar-refractivity contribution in [2.45, 2.75) is 6.92 Å². The van der Waals surface area contributed by atoms with Gasteiger partial charge >= 0.3 is 5.97 Å². The molecule has 0 atom stereocenters. The molecule has 1 aromatic rings. The first-order valence-electron chi connectivity index (χ1n) is 2.92. The van der Waals surface area contributed by atoms with Gasteiger partial charge in [-0.2, -0.15) is 0 Å². The fraction of sp³-hybridized carbons (Fsp3) is 0.333. The molecular formula is C6H7N2O2. The second kappa shape index (κ2) is 3.00. The van der Waals surface area contributed by atoms with E-state index in [0.717, 1.165) is 0 Å². The summed E-state index contributed by atoms with van der Waals surface area (Å²) in [4.78, 5) is 17.0. The highest BCUT2D eigenvalue weighted by molar-refractivity contribution is 5.86. The van der Waals surface area contributed by atoms with Crippen LogP contribution in [-0.2, 0) is 4.74 Å². The van der Waals surface area contributed by atoms with Crippen molar-refractivity contribution in [3.05, 3.63) is 18.2 Å². The number of nitrogens with zero attached hydrogens (tertiary/aromatic N) is 1. The van der Waals surface area contributed by atoms with E-state index in [2.05, 4.69) is 20.9 Å². The molecule has 0 amide bonds. The average molecular weight is 139 g/mol. The van der Waals surface area contributed by atoms with Crippen LogP contribution in [0.2, 0.25) is 0 Å². The van der Waals surface area contributed by atoms with Crippen molar-refractivity contribution in [3.8, 4) is 0 Å². The molecule has 1 aromatic heterocycles. The topological polar surface area (TPSA) is 55.0 Å². The normalized spacial score (nSPS) is 9.30. The lowest BCUT2D eigenvalue weighted by Gasteiger charge is -1.94. The largest absolute Gasteiger partial charge is 0.461 e. The highest BCUT2D eigenvalue weighted by Gasteiger charge is 2.06. The van der Waals surface area contributed by atoms with Gasteiger partial charge in [-0.15, -0.1) is 0 Å². The van der Waals surface area contributed by atoms with Gasteiger partial charge in [-0.3, -0.25) is 0 Å². The summed E-state index contributed by atoms with van der Waals surface area (Å²) in [6.45, 7) is 2.10. The smallest absolute Gasteiger partial charge is 0.359 e. The van der Waals surface area contributed by atoms with Gasteiger partial charge in [-0.05, 0) is 6.92 Å². The number of H-pyrrole nitrogens is 1. The van der Waals surface area contributed by atoms with Crippen LogP contribution >= 0.6 is 0 Å². The fourth-order valence-corrected chi connectivity index (χ4v) is 0.533. The lowest BCUT2D eigenvalue weighted by Crippen LogP contribution is -2.04. The lowest BCUT2D eigenvalue weighted by molar-refractivity contribution is 0.0520. The number of aromatic amines is 1. The number of aromatic nitrogens is 2. The van der Waals surface area contributed by atoms with Crippen LogP contribution in [0.5, 0.6) is 0 Å². The van der Waals surface area contributed by atoms with Gasteiger partial charge in [0.15, 0.2) is 5.69 Å². The third-order valence-corrected chi connectivity index (χ3v) is 0.918. The Morgan fingerprint density at radius 3 is 3.30 bits per heavy atom. The van der Waals surface area contributed by atoms with Crippen LogP contribution < -0.4 is 0 Å². The molecule has 0 unspecified atom stereocenters. The molecule has 1 heterocycles. The van der Waals surface area contributed by atoms with E-state index in [0.29, 0.717) is 6.61 Å². The Balaban J connectivity index is 2.59. The van der Waals surface area contributed by atoms with Crippen molar-refractivity contribution in [2.75, 3.05) is 6.61 Å². The maximum atomic E-state index is 10.8. The zero-order valence-electron chi connectivity index (χ0n) is 5.55. The molecule has 10 heavy (non-hydrogen) atoms. The summed E-state index contributed by atoms with van der Waals surface area (Å²) < 4.78 is 4.63. The summed E-state index contributed by atoms with van der Waals surface area (Å²) >= 11 is 0. The molecule has 4 nitrogen and oxygen atoms in total. The van der Waals surface area contributed by atoms with Crippen LogP contribution in [0, 0.1) is 6.20 Å². The first kappa shape index (κ1) is 6.80. The zero-order valence-corrected chi connectivity index (χ0v) is 5.55. The molecule has 0 aliphatic rings. The van der Waals surface area contributed by atoms with Gasteiger partial charge in [-0.25, -0.2) is 9.78 Å². The van der Waals surface area contributed by atoms with Crippen molar-refractivity contribution in [1.82, 2.24) is 9.97 Å². The highest BCUT2D eigenvalue weighted by atomic mass is 16.5. The second-order valence-electron chi connectivity index (χ2n) is 1.60. The van der Waals surface area contributed by atoms with Gasteiger partial charge in [0.05, 0.1) is 19.1 Å². The number of hydrogen-bond acceptors (Lipinski definition) is 3. The molecule has 0 saturated heterocycles. The molecule has 0 spiro atoms. The second-order valence-corrected chi connectivity index (χ2v) is 1.60. The van der Waals surface area contributed by atoms with E-state index in [4.69, 9.17) is 0 Å². The molecule has 0 aliphatic heterocycles. The predicted molar refractivity (Wildman–Crippen MR) is 33.4 cm³/mol. The molecule has 0 saturated carbocycles. The molecule has 0 aliphatic carbocycles. The first-order valence-corrected chi connectivity index (χ1v) is 2.92. The van der Waals surface area contributed by atoms with Crippen molar-refractivity contribution in [1.29, 1.82) is 0 Å². The monoisotopic (exact) mass is 139 g/mol. The Labute approximate surface area is 58.2 Å². The Morgan fingerprint density at radius 2 is 2.80 bits per heavy atom. The minimum Gasteiger partial charge on any atom is -0.461 e. The summed E-state index contributed by atoms with van der Waals surface area (Å²) in [6, 6.07) is 0. The van der Waals surface area contributed by atoms with Gasteiger partial charge in [-0.1, -0.05) is 0 Å². The van der Waals surface area contributed by atoms with E-state index in [1.807, 2.05) is 0 Å². The summed E-state index contributed by atoms with van der Waals surface area (Å²) in [5, 5.41) is 0. The Kier molecular flexibility index (Phi) is 2.04. The lowest BCUT2D eigenvalue weighted by atomic mass is 10.5. The standard InChI is InChI=1S/C6H7N2O2/c1-2-10-6(9)5-3-7-4-8-5/h4H,2H2,1H3,(H,7,8). The molecule has 0 fully saturated rings. The minimum atomic E-state index is -0.441. The summed E-state index contributed by atoms with van der Waals surface area (Å²) in [7, 11) is 0. The van der Waals surface area contributed by atoms with Gasteiger partial charge in [0.25, 0.3) is 0 Å². The summed E-state index contributed by atoms with van der Waals surface area (Å²) in [6.07, 6.45) is 3.89. The van der Waals surface area contributed by atoms with Crippen LogP contribution in [0.1, 0.15) is 17.4 Å². The SMILES string of the molecule is CCOC(=O)c1[c][nH]cn1. The molecule has 0 bridgehead atoms. The van der Waals surface area contributed by atoms with Crippen molar-refractivity contribution in [3.63, 3.8) is 0 Å². The van der Waals surface area contributed by atoms with Crippen LogP contribution in [-0.4, -0.2) is 22.5 Å². The van der Waals surface area contributed by atoms with E-state index in [-0.39, 0.29) is 5.69 Å². The number of nitrogens with one attached hydrogen (secondary N) is 1. The van der Waals surface area contributed by atoms with Crippen LogP contribution in [0.3, 0.4) is 0 Å². The summed E-state index contributed by atoms with van der Waals surface area (Å²) in [5.41, 5.74) is 0.196. The molecule has 0 aromatic carbocycles. The van der Waals surface area contributed by atoms with Gasteiger partial charge in [0.1, 0.15) is 0 Å². The maximum absolute atomic E-state index is 10.8. The molecule has 4 heteroatoms.